The number of piperidine rings is 1. The van der Waals surface area contributed by atoms with Crippen molar-refractivity contribution in [2.24, 2.45) is 5.92 Å². The Morgan fingerprint density at radius 1 is 1.47 bits per heavy atom. The predicted molar refractivity (Wildman–Crippen MR) is 85.0 cm³/mol. The first kappa shape index (κ1) is 15.1. The van der Waals surface area contributed by atoms with Crippen LogP contribution in [0.15, 0.2) is 16.7 Å². The van der Waals surface area contributed by atoms with Crippen molar-refractivity contribution >= 4 is 33.3 Å². The molecule has 1 aromatic rings. The van der Waals surface area contributed by atoms with E-state index in [1.54, 1.807) is 6.20 Å². The van der Waals surface area contributed by atoms with Gasteiger partial charge in [-0.05, 0) is 67.7 Å². The molecule has 0 bridgehead atoms. The van der Waals surface area contributed by atoms with Gasteiger partial charge in [-0.3, -0.25) is 0 Å². The topological polar surface area (TPSA) is 28.2 Å². The van der Waals surface area contributed by atoms with E-state index in [0.29, 0.717) is 11.1 Å². The van der Waals surface area contributed by atoms with Gasteiger partial charge in [-0.15, -0.1) is 0 Å². The Morgan fingerprint density at radius 2 is 2.16 bits per heavy atom. The molecule has 3 nitrogen and oxygen atoms in total. The van der Waals surface area contributed by atoms with Gasteiger partial charge in [0.05, 0.1) is 9.50 Å². The highest BCUT2D eigenvalue weighted by Crippen LogP contribution is 2.29. The van der Waals surface area contributed by atoms with Crippen molar-refractivity contribution in [2.45, 2.75) is 32.7 Å². The zero-order valence-corrected chi connectivity index (χ0v) is 13.8. The molecule has 2 heterocycles. The van der Waals surface area contributed by atoms with Gasteiger partial charge in [-0.2, -0.15) is 0 Å². The van der Waals surface area contributed by atoms with E-state index >= 15 is 0 Å². The minimum absolute atomic E-state index is 0.430. The van der Waals surface area contributed by atoms with Gasteiger partial charge in [0.2, 0.25) is 0 Å². The van der Waals surface area contributed by atoms with Crippen molar-refractivity contribution in [2.75, 3.05) is 24.5 Å². The predicted octanol–water partition coefficient (Wildman–Crippen LogP) is 3.71. The summed E-state index contributed by atoms with van der Waals surface area (Å²) in [4.78, 5) is 6.87. The van der Waals surface area contributed by atoms with Crippen molar-refractivity contribution in [3.05, 3.63) is 21.8 Å². The Hall–Kier alpha value is -0.320. The molecule has 0 aliphatic carbocycles. The zero-order valence-electron chi connectivity index (χ0n) is 11.5. The van der Waals surface area contributed by atoms with E-state index < -0.39 is 0 Å². The Bertz CT molecular complexity index is 419. The molecule has 5 heteroatoms. The Labute approximate surface area is 128 Å². The Kier molecular flexibility index (Phi) is 5.48. The van der Waals surface area contributed by atoms with Crippen LogP contribution in [0.4, 0.5) is 5.82 Å². The quantitative estimate of drug-likeness (QED) is 0.901. The lowest BCUT2D eigenvalue weighted by atomic mass is 9.97. The molecule has 0 saturated carbocycles. The number of hydrogen-bond donors (Lipinski definition) is 1. The lowest BCUT2D eigenvalue weighted by molar-refractivity contribution is 0.367. The molecule has 1 saturated heterocycles. The lowest BCUT2D eigenvalue weighted by Crippen LogP contribution is -2.40. The van der Waals surface area contributed by atoms with Crippen molar-refractivity contribution in [1.29, 1.82) is 0 Å². The van der Waals surface area contributed by atoms with Crippen LogP contribution in [-0.2, 0) is 0 Å². The van der Waals surface area contributed by atoms with E-state index in [-0.39, 0.29) is 0 Å². The first-order valence-corrected chi connectivity index (χ1v) is 8.03. The van der Waals surface area contributed by atoms with Crippen LogP contribution in [0.3, 0.4) is 0 Å². The van der Waals surface area contributed by atoms with E-state index in [4.69, 9.17) is 11.6 Å². The Morgan fingerprint density at radius 3 is 2.74 bits per heavy atom. The number of nitrogens with zero attached hydrogens (tertiary/aromatic N) is 2. The second-order valence-electron chi connectivity index (χ2n) is 5.40. The van der Waals surface area contributed by atoms with Gasteiger partial charge >= 0.3 is 0 Å². The van der Waals surface area contributed by atoms with Crippen molar-refractivity contribution in [1.82, 2.24) is 10.3 Å². The number of aromatic nitrogens is 1. The molecule has 0 radical (unpaired) electrons. The molecule has 1 aliphatic heterocycles. The zero-order chi connectivity index (χ0) is 13.8. The van der Waals surface area contributed by atoms with Gasteiger partial charge in [-0.1, -0.05) is 11.6 Å². The molecule has 1 aliphatic rings. The van der Waals surface area contributed by atoms with Gasteiger partial charge in [0.25, 0.3) is 0 Å². The Balaban J connectivity index is 2.14. The summed E-state index contributed by atoms with van der Waals surface area (Å²) in [6, 6.07) is 2.35. The van der Waals surface area contributed by atoms with Crippen molar-refractivity contribution < 1.29 is 0 Å². The summed E-state index contributed by atoms with van der Waals surface area (Å²) in [5.74, 6) is 1.74. The maximum atomic E-state index is 5.97. The van der Waals surface area contributed by atoms with Crippen LogP contribution in [0.1, 0.15) is 26.7 Å². The van der Waals surface area contributed by atoms with Crippen LogP contribution in [0.2, 0.25) is 5.02 Å². The van der Waals surface area contributed by atoms with Crippen LogP contribution < -0.4 is 10.2 Å². The van der Waals surface area contributed by atoms with E-state index in [2.05, 4.69) is 45.0 Å². The molecule has 0 unspecified atom stereocenters. The molecule has 0 spiro atoms. The molecule has 1 aromatic heterocycles. The molecule has 1 N–H and O–H groups in total. The first-order valence-electron chi connectivity index (χ1n) is 6.86. The second kappa shape index (κ2) is 6.91. The summed E-state index contributed by atoms with van der Waals surface area (Å²) < 4.78 is 0.975. The summed E-state index contributed by atoms with van der Waals surface area (Å²) >= 11 is 9.55. The number of hydrogen-bond acceptors (Lipinski definition) is 3. The fourth-order valence-corrected chi connectivity index (χ4v) is 3.37. The molecule has 19 heavy (non-hydrogen) atoms. The average Bonchev–Trinajstić information content (AvgIpc) is 2.38. The largest absolute Gasteiger partial charge is 0.353 e. The molecular weight excluding hydrogens is 326 g/mol. The van der Waals surface area contributed by atoms with Crippen LogP contribution >= 0.6 is 27.5 Å². The number of halogens is 2. The smallest absolute Gasteiger partial charge is 0.143 e. The van der Waals surface area contributed by atoms with E-state index in [9.17, 15) is 0 Å². The fourth-order valence-electron chi connectivity index (χ4n) is 2.50. The van der Waals surface area contributed by atoms with E-state index in [1.807, 2.05) is 6.07 Å². The highest BCUT2D eigenvalue weighted by molar-refractivity contribution is 9.10. The van der Waals surface area contributed by atoms with Crippen LogP contribution in [-0.4, -0.2) is 30.7 Å². The third kappa shape index (κ3) is 4.07. The number of anilines is 1. The van der Waals surface area contributed by atoms with E-state index in [1.165, 1.54) is 12.8 Å². The van der Waals surface area contributed by atoms with Crippen molar-refractivity contribution in [3.8, 4) is 0 Å². The minimum Gasteiger partial charge on any atom is -0.353 e. The monoisotopic (exact) mass is 345 g/mol. The molecule has 0 aromatic carbocycles. The maximum absolute atomic E-state index is 5.97. The van der Waals surface area contributed by atoms with E-state index in [0.717, 1.165) is 35.8 Å². The highest BCUT2D eigenvalue weighted by atomic mass is 79.9. The van der Waals surface area contributed by atoms with Crippen LogP contribution in [0.25, 0.3) is 0 Å². The van der Waals surface area contributed by atoms with Gasteiger partial charge < -0.3 is 10.2 Å². The molecule has 0 atom stereocenters. The molecular formula is C14H21BrClN3. The van der Waals surface area contributed by atoms with Crippen LogP contribution in [0.5, 0.6) is 0 Å². The molecule has 0 amide bonds. The maximum Gasteiger partial charge on any atom is 0.143 e. The summed E-state index contributed by atoms with van der Waals surface area (Å²) in [6.07, 6.45) is 4.21. The van der Waals surface area contributed by atoms with Crippen molar-refractivity contribution in [3.63, 3.8) is 0 Å². The summed E-state index contributed by atoms with van der Waals surface area (Å²) in [6.45, 7) is 7.75. The number of pyridine rings is 1. The highest BCUT2D eigenvalue weighted by Gasteiger charge is 2.21. The average molecular weight is 347 g/mol. The van der Waals surface area contributed by atoms with Crippen LogP contribution in [0, 0.1) is 5.92 Å². The number of nitrogens with one attached hydrogen (secondary N) is 1. The third-order valence-electron chi connectivity index (χ3n) is 3.60. The van der Waals surface area contributed by atoms with Gasteiger partial charge in [-0.25, -0.2) is 4.98 Å². The summed E-state index contributed by atoms with van der Waals surface area (Å²) in [5.41, 5.74) is 0. The third-order valence-corrected chi connectivity index (χ3v) is 4.39. The van der Waals surface area contributed by atoms with Gasteiger partial charge in [0.15, 0.2) is 0 Å². The SMILES string of the molecule is CC(C)N(CC1CCNCC1)c1ncc(Cl)cc1Br. The molecule has 2 rings (SSSR count). The minimum atomic E-state index is 0.430. The van der Waals surface area contributed by atoms with Gasteiger partial charge in [0.1, 0.15) is 5.82 Å². The lowest BCUT2D eigenvalue weighted by Gasteiger charge is -2.34. The summed E-state index contributed by atoms with van der Waals surface area (Å²) in [7, 11) is 0. The number of rotatable bonds is 4. The normalized spacial score (nSPS) is 16.9. The fraction of sp³-hybridized carbons (Fsp3) is 0.643. The standard InChI is InChI=1S/C14H21BrClN3/c1-10(2)19(9-11-3-5-17-6-4-11)14-13(15)7-12(16)8-18-14/h7-8,10-11,17H,3-6,9H2,1-2H3. The first-order chi connectivity index (χ1) is 9.08. The molecule has 106 valence electrons. The van der Waals surface area contributed by atoms with Gasteiger partial charge in [0, 0.05) is 18.8 Å². The second-order valence-corrected chi connectivity index (χ2v) is 6.69. The molecule has 1 fully saturated rings. The summed E-state index contributed by atoms with van der Waals surface area (Å²) in [5, 5.41) is 4.08.